The molecule has 2 aromatic heterocycles. The van der Waals surface area contributed by atoms with Gasteiger partial charge in [-0.05, 0) is 31.2 Å². The maximum absolute atomic E-state index is 13.1. The number of rotatable bonds is 2. The zero-order chi connectivity index (χ0) is 20.7. The summed E-state index contributed by atoms with van der Waals surface area (Å²) in [5.74, 6) is -0.340. The molecule has 3 aromatic rings. The molecule has 29 heavy (non-hydrogen) atoms. The smallest absolute Gasteiger partial charge is 0.274 e. The van der Waals surface area contributed by atoms with Crippen LogP contribution in [0.2, 0.25) is 5.02 Å². The maximum atomic E-state index is 13.1. The van der Waals surface area contributed by atoms with Crippen LogP contribution in [0.5, 0.6) is 0 Å². The van der Waals surface area contributed by atoms with Gasteiger partial charge in [0.1, 0.15) is 0 Å². The van der Waals surface area contributed by atoms with E-state index in [9.17, 15) is 14.4 Å². The van der Waals surface area contributed by atoms with E-state index in [-0.39, 0.29) is 17.4 Å². The summed E-state index contributed by atoms with van der Waals surface area (Å²) in [6.45, 7) is 3.39. The Balaban J connectivity index is 1.54. The van der Waals surface area contributed by atoms with E-state index in [1.165, 1.54) is 4.68 Å². The van der Waals surface area contributed by atoms with Crippen molar-refractivity contribution in [3.8, 4) is 0 Å². The molecule has 0 bridgehead atoms. The molecular weight excluding hydrogens is 394 g/mol. The van der Waals surface area contributed by atoms with Crippen LogP contribution in [0.3, 0.4) is 0 Å². The third-order valence-corrected chi connectivity index (χ3v) is 5.33. The van der Waals surface area contributed by atoms with Crippen LogP contribution in [-0.4, -0.2) is 62.6 Å². The Morgan fingerprint density at radius 1 is 1.07 bits per heavy atom. The van der Waals surface area contributed by atoms with Gasteiger partial charge in [0, 0.05) is 49.5 Å². The van der Waals surface area contributed by atoms with Crippen LogP contribution in [0.15, 0.2) is 35.1 Å². The van der Waals surface area contributed by atoms with E-state index in [4.69, 9.17) is 11.6 Å². The molecule has 1 saturated heterocycles. The quantitative estimate of drug-likeness (QED) is 0.693. The van der Waals surface area contributed by atoms with Gasteiger partial charge in [0.25, 0.3) is 17.4 Å². The Kier molecular flexibility index (Phi) is 4.87. The average molecular weight is 414 g/mol. The number of nitrogens with zero attached hydrogens (tertiary/aromatic N) is 4. The van der Waals surface area contributed by atoms with Gasteiger partial charge >= 0.3 is 0 Å². The number of halogens is 1. The summed E-state index contributed by atoms with van der Waals surface area (Å²) in [7, 11) is 1.69. The number of hydrogen-bond donors (Lipinski definition) is 1. The maximum Gasteiger partial charge on any atom is 0.274 e. The molecule has 1 fully saturated rings. The number of amides is 2. The number of pyridine rings is 1. The average Bonchev–Trinajstić information content (AvgIpc) is 3.00. The third kappa shape index (κ3) is 3.51. The van der Waals surface area contributed by atoms with Gasteiger partial charge in [-0.25, -0.2) is 4.98 Å². The number of piperazine rings is 1. The zero-order valence-corrected chi connectivity index (χ0v) is 16.9. The molecule has 2 amide bonds. The zero-order valence-electron chi connectivity index (χ0n) is 16.1. The van der Waals surface area contributed by atoms with Crippen molar-refractivity contribution in [1.82, 2.24) is 24.6 Å². The highest BCUT2D eigenvalue weighted by Crippen LogP contribution is 2.19. The van der Waals surface area contributed by atoms with Gasteiger partial charge in [-0.2, -0.15) is 0 Å². The standard InChI is InChI=1S/C20H20ClN5O3/c1-12-10-15(16-17(22-12)24(2)23-18(16)27)20(29)26-8-6-25(7-9-26)19(28)13-4-3-5-14(21)11-13/h3-5,10-11H,6-9H2,1-2H3,(H,23,27). The van der Waals surface area contributed by atoms with E-state index in [0.717, 1.165) is 0 Å². The first-order valence-electron chi connectivity index (χ1n) is 9.25. The predicted octanol–water partition coefficient (Wildman–Crippen LogP) is 1.82. The number of benzene rings is 1. The van der Waals surface area contributed by atoms with Crippen LogP contribution in [-0.2, 0) is 7.05 Å². The van der Waals surface area contributed by atoms with E-state index in [2.05, 4.69) is 10.1 Å². The van der Waals surface area contributed by atoms with Crippen LogP contribution in [0.25, 0.3) is 11.0 Å². The van der Waals surface area contributed by atoms with Gasteiger partial charge in [-0.15, -0.1) is 0 Å². The Labute approximate surface area is 171 Å². The summed E-state index contributed by atoms with van der Waals surface area (Å²) in [4.78, 5) is 45.8. The molecule has 150 valence electrons. The molecule has 1 aliphatic heterocycles. The van der Waals surface area contributed by atoms with Crippen LogP contribution in [0.4, 0.5) is 0 Å². The van der Waals surface area contributed by atoms with E-state index in [1.807, 2.05) is 0 Å². The van der Waals surface area contributed by atoms with Crippen LogP contribution >= 0.6 is 11.6 Å². The molecule has 3 heterocycles. The van der Waals surface area contributed by atoms with Crippen molar-refractivity contribution in [2.24, 2.45) is 7.05 Å². The molecule has 0 unspecified atom stereocenters. The summed E-state index contributed by atoms with van der Waals surface area (Å²) >= 11 is 5.98. The van der Waals surface area contributed by atoms with E-state index in [0.29, 0.717) is 59.1 Å². The molecule has 0 aliphatic carbocycles. The number of H-pyrrole nitrogens is 1. The largest absolute Gasteiger partial charge is 0.335 e. The normalized spacial score (nSPS) is 14.4. The second-order valence-electron chi connectivity index (χ2n) is 7.10. The Morgan fingerprint density at radius 3 is 2.38 bits per heavy atom. The molecular formula is C20H20ClN5O3. The van der Waals surface area contributed by atoms with E-state index < -0.39 is 0 Å². The van der Waals surface area contributed by atoms with Crippen molar-refractivity contribution in [2.75, 3.05) is 26.2 Å². The molecule has 0 saturated carbocycles. The number of carbonyl (C=O) groups is 2. The van der Waals surface area contributed by atoms with Crippen LogP contribution < -0.4 is 5.56 Å². The molecule has 4 rings (SSSR count). The van der Waals surface area contributed by atoms with Crippen molar-refractivity contribution in [2.45, 2.75) is 6.92 Å². The van der Waals surface area contributed by atoms with Gasteiger partial charge in [0.2, 0.25) is 0 Å². The summed E-state index contributed by atoms with van der Waals surface area (Å²) in [5.41, 5.74) is 1.63. The topological polar surface area (TPSA) is 91.3 Å². The fraction of sp³-hybridized carbons (Fsp3) is 0.300. The first-order valence-corrected chi connectivity index (χ1v) is 9.63. The minimum Gasteiger partial charge on any atom is -0.335 e. The van der Waals surface area contributed by atoms with Crippen molar-refractivity contribution in [1.29, 1.82) is 0 Å². The number of aromatic nitrogens is 3. The molecule has 0 radical (unpaired) electrons. The summed E-state index contributed by atoms with van der Waals surface area (Å²) in [6, 6.07) is 8.47. The highest BCUT2D eigenvalue weighted by molar-refractivity contribution is 6.30. The van der Waals surface area contributed by atoms with Gasteiger partial charge in [-0.1, -0.05) is 17.7 Å². The van der Waals surface area contributed by atoms with Crippen LogP contribution in [0.1, 0.15) is 26.4 Å². The number of hydrogen-bond acceptors (Lipinski definition) is 4. The van der Waals surface area contributed by atoms with Crippen molar-refractivity contribution >= 4 is 34.4 Å². The summed E-state index contributed by atoms with van der Waals surface area (Å²) in [5, 5.41) is 3.45. The fourth-order valence-electron chi connectivity index (χ4n) is 3.64. The highest BCUT2D eigenvalue weighted by Gasteiger charge is 2.28. The molecule has 9 heteroatoms. The lowest BCUT2D eigenvalue weighted by molar-refractivity contribution is 0.0536. The van der Waals surface area contributed by atoms with E-state index >= 15 is 0 Å². The van der Waals surface area contributed by atoms with Gasteiger partial charge in [0.15, 0.2) is 5.65 Å². The number of nitrogens with one attached hydrogen (secondary N) is 1. The Hall–Kier alpha value is -3.13. The van der Waals surface area contributed by atoms with Crippen molar-refractivity contribution < 1.29 is 9.59 Å². The second-order valence-corrected chi connectivity index (χ2v) is 7.54. The predicted molar refractivity (Wildman–Crippen MR) is 109 cm³/mol. The highest BCUT2D eigenvalue weighted by atomic mass is 35.5. The first kappa shape index (κ1) is 19.2. The Morgan fingerprint density at radius 2 is 1.72 bits per heavy atom. The number of fused-ring (bicyclic) bond motifs is 1. The van der Waals surface area contributed by atoms with Crippen molar-refractivity contribution in [3.63, 3.8) is 0 Å². The summed E-state index contributed by atoms with van der Waals surface area (Å²) in [6.07, 6.45) is 0. The lowest BCUT2D eigenvalue weighted by Gasteiger charge is -2.35. The molecule has 1 aromatic carbocycles. The molecule has 1 N–H and O–H groups in total. The minimum atomic E-state index is -0.340. The van der Waals surface area contributed by atoms with Gasteiger partial charge in [-0.3, -0.25) is 24.2 Å². The fourth-order valence-corrected chi connectivity index (χ4v) is 3.83. The summed E-state index contributed by atoms with van der Waals surface area (Å²) < 4.78 is 1.52. The number of carbonyl (C=O) groups excluding carboxylic acids is 2. The lowest BCUT2D eigenvalue weighted by atomic mass is 10.1. The SMILES string of the molecule is Cc1cc(C(=O)N2CCN(C(=O)c3cccc(Cl)c3)CC2)c2c(=O)[nH]n(C)c2n1. The third-order valence-electron chi connectivity index (χ3n) is 5.10. The molecule has 0 atom stereocenters. The second kappa shape index (κ2) is 7.36. The van der Waals surface area contributed by atoms with Gasteiger partial charge < -0.3 is 9.80 Å². The van der Waals surface area contributed by atoms with Gasteiger partial charge in [0.05, 0.1) is 10.9 Å². The Bertz CT molecular complexity index is 1170. The molecule has 8 nitrogen and oxygen atoms in total. The van der Waals surface area contributed by atoms with E-state index in [1.54, 1.807) is 54.1 Å². The van der Waals surface area contributed by atoms with Crippen molar-refractivity contribution in [3.05, 3.63) is 62.5 Å². The number of aryl methyl sites for hydroxylation is 2. The minimum absolute atomic E-state index is 0.110. The lowest BCUT2D eigenvalue weighted by Crippen LogP contribution is -2.50. The first-order chi connectivity index (χ1) is 13.8. The molecule has 0 spiro atoms. The number of aromatic amines is 1. The van der Waals surface area contributed by atoms with Crippen LogP contribution in [0, 0.1) is 6.92 Å². The molecule has 1 aliphatic rings. The monoisotopic (exact) mass is 413 g/mol.